The van der Waals surface area contributed by atoms with Crippen molar-refractivity contribution in [2.75, 3.05) is 40.4 Å². The summed E-state index contributed by atoms with van der Waals surface area (Å²) in [6.07, 6.45) is -3.52. The molecule has 2 unspecified atom stereocenters. The molecule has 2 aliphatic rings. The van der Waals surface area contributed by atoms with Crippen molar-refractivity contribution in [1.82, 2.24) is 10.2 Å². The molecule has 11 heteroatoms. The summed E-state index contributed by atoms with van der Waals surface area (Å²) in [5.41, 5.74) is -3.42. The van der Waals surface area contributed by atoms with E-state index in [0.29, 0.717) is 31.7 Å². The second-order valence-corrected chi connectivity index (χ2v) is 9.97. The van der Waals surface area contributed by atoms with Crippen LogP contribution in [0.1, 0.15) is 36.3 Å². The van der Waals surface area contributed by atoms with E-state index in [1.807, 2.05) is 0 Å². The quantitative estimate of drug-likeness (QED) is 0.509. The van der Waals surface area contributed by atoms with Crippen LogP contribution in [0.3, 0.4) is 0 Å². The summed E-state index contributed by atoms with van der Waals surface area (Å²) in [6.45, 7) is 1.44. The topological polar surface area (TPSA) is 50.8 Å². The van der Waals surface area contributed by atoms with Gasteiger partial charge in [0, 0.05) is 44.3 Å². The first kappa shape index (κ1) is 27.6. The molecule has 0 radical (unpaired) electrons. The van der Waals surface area contributed by atoms with E-state index in [4.69, 9.17) is 21.1 Å². The van der Waals surface area contributed by atoms with Crippen molar-refractivity contribution in [1.29, 1.82) is 0 Å². The average Bonchev–Trinajstić information content (AvgIpc) is 2.87. The van der Waals surface area contributed by atoms with Gasteiger partial charge < -0.3 is 19.7 Å². The molecular weight excluding hydrogens is 519 g/mol. The van der Waals surface area contributed by atoms with Crippen molar-refractivity contribution < 1.29 is 36.2 Å². The van der Waals surface area contributed by atoms with Gasteiger partial charge in [-0.1, -0.05) is 23.7 Å². The molecule has 2 heterocycles. The Morgan fingerprint density at radius 3 is 2.38 bits per heavy atom. The monoisotopic (exact) mass is 546 g/mol. The van der Waals surface area contributed by atoms with E-state index in [2.05, 4.69) is 5.32 Å². The first-order valence-corrected chi connectivity index (χ1v) is 12.3. The number of nitrogens with zero attached hydrogens (tertiary/aromatic N) is 1. The molecule has 4 rings (SSSR count). The molecule has 2 aromatic carbocycles. The first-order chi connectivity index (χ1) is 17.5. The molecule has 0 aliphatic carbocycles. The number of rotatable bonds is 5. The number of hydrogen-bond donors (Lipinski definition) is 1. The highest BCUT2D eigenvalue weighted by Gasteiger charge is 2.64. The van der Waals surface area contributed by atoms with Crippen LogP contribution in [-0.4, -0.2) is 57.4 Å². The lowest BCUT2D eigenvalue weighted by molar-refractivity contribution is -0.271. The zero-order chi connectivity index (χ0) is 27.0. The summed E-state index contributed by atoms with van der Waals surface area (Å²) in [4.78, 5) is 14.7. The number of carbonyl (C=O) groups is 1. The number of amides is 1. The van der Waals surface area contributed by atoms with Gasteiger partial charge in [0.1, 0.15) is 17.4 Å². The Labute approximate surface area is 216 Å². The predicted octanol–water partition coefficient (Wildman–Crippen LogP) is 5.42. The number of ether oxygens (including phenoxy) is 2. The van der Waals surface area contributed by atoms with E-state index in [-0.39, 0.29) is 24.4 Å². The number of carbonyl (C=O) groups excluding carboxylic acids is 1. The Balaban J connectivity index is 1.64. The van der Waals surface area contributed by atoms with Gasteiger partial charge in [-0.3, -0.25) is 4.79 Å². The number of nitrogens with one attached hydrogen (secondary N) is 1. The summed E-state index contributed by atoms with van der Waals surface area (Å²) in [5.74, 6) is -2.28. The fourth-order valence-electron chi connectivity index (χ4n) is 5.81. The fraction of sp³-hybridized carbons (Fsp3) is 0.500. The molecule has 2 saturated heterocycles. The molecule has 1 spiro atoms. The lowest BCUT2D eigenvalue weighted by atomic mass is 9.62. The van der Waals surface area contributed by atoms with Crippen LogP contribution in [0, 0.1) is 17.0 Å². The molecule has 2 atom stereocenters. The van der Waals surface area contributed by atoms with Crippen molar-refractivity contribution >= 4 is 17.5 Å². The van der Waals surface area contributed by atoms with Crippen LogP contribution in [0.5, 0.6) is 5.75 Å². The normalized spacial score (nSPS) is 21.5. The molecule has 2 aromatic rings. The Morgan fingerprint density at radius 2 is 1.78 bits per heavy atom. The number of methoxy groups -OCH3 is 2. The number of halogens is 6. The molecule has 0 bridgehead atoms. The van der Waals surface area contributed by atoms with Crippen molar-refractivity contribution in [3.05, 3.63) is 64.2 Å². The number of benzene rings is 2. The van der Waals surface area contributed by atoms with Gasteiger partial charge in [0.15, 0.2) is 0 Å². The zero-order valence-corrected chi connectivity index (χ0v) is 21.2. The average molecular weight is 547 g/mol. The predicted molar refractivity (Wildman–Crippen MR) is 128 cm³/mol. The van der Waals surface area contributed by atoms with Crippen LogP contribution in [-0.2, 0) is 15.1 Å². The third-order valence-corrected chi connectivity index (χ3v) is 8.13. The highest BCUT2D eigenvalue weighted by atomic mass is 35.5. The Bertz CT molecular complexity index is 1150. The van der Waals surface area contributed by atoms with Crippen LogP contribution in [0.4, 0.5) is 22.0 Å². The van der Waals surface area contributed by atoms with Gasteiger partial charge in [0.2, 0.25) is 0 Å². The maximum absolute atomic E-state index is 14.5. The largest absolute Gasteiger partial charge is 0.496 e. The van der Waals surface area contributed by atoms with Crippen LogP contribution in [0.25, 0.3) is 0 Å². The van der Waals surface area contributed by atoms with Crippen LogP contribution in [0.15, 0.2) is 36.4 Å². The summed E-state index contributed by atoms with van der Waals surface area (Å²) in [5, 5.41) is 2.81. The fourth-order valence-corrected chi connectivity index (χ4v) is 5.99. The second-order valence-electron chi connectivity index (χ2n) is 9.56. The molecule has 202 valence electrons. The van der Waals surface area contributed by atoms with E-state index in [9.17, 15) is 26.7 Å². The van der Waals surface area contributed by atoms with Gasteiger partial charge in [0.05, 0.1) is 12.1 Å². The second kappa shape index (κ2) is 10.4. The van der Waals surface area contributed by atoms with Crippen molar-refractivity contribution in [2.45, 2.75) is 37.0 Å². The van der Waals surface area contributed by atoms with E-state index >= 15 is 0 Å². The number of hydrogen-bond acceptors (Lipinski definition) is 4. The number of alkyl halides is 3. The number of piperidine rings is 2. The van der Waals surface area contributed by atoms with E-state index < -0.39 is 39.9 Å². The summed E-state index contributed by atoms with van der Waals surface area (Å²) < 4.78 is 81.3. The minimum Gasteiger partial charge on any atom is -0.496 e. The molecule has 0 aromatic heterocycles. The van der Waals surface area contributed by atoms with Crippen LogP contribution < -0.4 is 10.1 Å². The molecular formula is C26H28ClF5N2O3. The summed E-state index contributed by atoms with van der Waals surface area (Å²) in [6, 6.07) is 6.80. The maximum Gasteiger partial charge on any atom is 0.430 e. The molecule has 2 aliphatic heterocycles. The molecule has 2 fully saturated rings. The lowest BCUT2D eigenvalue weighted by Gasteiger charge is -2.51. The Kier molecular flexibility index (Phi) is 7.74. The van der Waals surface area contributed by atoms with Crippen molar-refractivity contribution in [3.8, 4) is 5.75 Å². The highest BCUT2D eigenvalue weighted by Crippen LogP contribution is 2.52. The first-order valence-electron chi connectivity index (χ1n) is 11.9. The summed E-state index contributed by atoms with van der Waals surface area (Å²) >= 11 is 5.76. The smallest absolute Gasteiger partial charge is 0.430 e. The van der Waals surface area contributed by atoms with Crippen molar-refractivity contribution in [3.63, 3.8) is 0 Å². The minimum absolute atomic E-state index is 0.0644. The summed E-state index contributed by atoms with van der Waals surface area (Å²) in [7, 11) is 2.27. The van der Waals surface area contributed by atoms with Gasteiger partial charge in [-0.25, -0.2) is 8.78 Å². The third-order valence-electron chi connectivity index (χ3n) is 7.84. The maximum atomic E-state index is 14.5. The van der Waals surface area contributed by atoms with E-state index in [1.165, 1.54) is 19.2 Å². The van der Waals surface area contributed by atoms with Crippen LogP contribution >= 0.6 is 11.6 Å². The Hall–Kier alpha value is -2.43. The van der Waals surface area contributed by atoms with Gasteiger partial charge in [-0.05, 0) is 55.0 Å². The van der Waals surface area contributed by atoms with Gasteiger partial charge in [-0.15, -0.1) is 0 Å². The zero-order valence-electron chi connectivity index (χ0n) is 20.4. The molecule has 0 saturated carbocycles. The Morgan fingerprint density at radius 1 is 1.08 bits per heavy atom. The minimum atomic E-state index is -5.13. The molecule has 37 heavy (non-hydrogen) atoms. The van der Waals surface area contributed by atoms with Gasteiger partial charge in [0.25, 0.3) is 11.5 Å². The molecule has 5 nitrogen and oxygen atoms in total. The van der Waals surface area contributed by atoms with Crippen LogP contribution in [0.2, 0.25) is 5.02 Å². The third kappa shape index (κ3) is 4.79. The van der Waals surface area contributed by atoms with E-state index in [0.717, 1.165) is 42.2 Å². The molecule has 1 N–H and O–H groups in total. The lowest BCUT2D eigenvalue weighted by Crippen LogP contribution is -2.59. The standard InChI is InChI=1S/C26H28ClF5N2O3/c1-36-22-14-17(28)4-5-18(22)19-15-33-10-7-24(19)8-11-34(12-9-24)23(35)25(37-2,26(30,31)32)16-3-6-21(29)20(27)13-16/h3-6,13-14,19,33H,7-12,15H2,1-2H3. The highest BCUT2D eigenvalue weighted by molar-refractivity contribution is 6.30. The van der Waals surface area contributed by atoms with Crippen molar-refractivity contribution in [2.24, 2.45) is 5.41 Å². The van der Waals surface area contributed by atoms with E-state index in [1.54, 1.807) is 6.07 Å². The SMILES string of the molecule is COc1cc(F)ccc1C1CNCCC12CCN(C(=O)C(OC)(c1ccc(F)c(Cl)c1)C(F)(F)F)CC2. The molecule has 1 amide bonds. The van der Waals surface area contributed by atoms with Gasteiger partial charge in [-0.2, -0.15) is 13.2 Å². The van der Waals surface area contributed by atoms with Gasteiger partial charge >= 0.3 is 6.18 Å². The number of likely N-dealkylation sites (tertiary alicyclic amines) is 1.